The number of aliphatic hydroxyl groups excluding tert-OH is 1. The van der Waals surface area contributed by atoms with E-state index in [1.165, 1.54) is 0 Å². The third-order valence-electron chi connectivity index (χ3n) is 2.80. The van der Waals surface area contributed by atoms with Gasteiger partial charge in [0.1, 0.15) is 5.75 Å². The Morgan fingerprint density at radius 2 is 2.20 bits per heavy atom. The number of amides is 2. The van der Waals surface area contributed by atoms with Crippen LogP contribution in [0.25, 0.3) is 0 Å². The lowest BCUT2D eigenvalue weighted by atomic mass is 10.2. The molecule has 0 heterocycles. The minimum absolute atomic E-state index is 0.0434. The van der Waals surface area contributed by atoms with Crippen LogP contribution in [0.15, 0.2) is 18.2 Å². The molecule has 2 amide bonds. The summed E-state index contributed by atoms with van der Waals surface area (Å²) in [6.07, 6.45) is 1.30. The van der Waals surface area contributed by atoms with Gasteiger partial charge >= 0.3 is 6.03 Å². The molecule has 0 fully saturated rings. The van der Waals surface area contributed by atoms with Gasteiger partial charge in [0.05, 0.1) is 11.6 Å². The fraction of sp³-hybridized carbons (Fsp3) is 0.500. The summed E-state index contributed by atoms with van der Waals surface area (Å²) >= 11 is 6.04. The number of anilines is 1. The van der Waals surface area contributed by atoms with Crippen molar-refractivity contribution in [1.82, 2.24) is 5.32 Å². The molecule has 112 valence electrons. The van der Waals surface area contributed by atoms with E-state index >= 15 is 0 Å². The lowest BCUT2D eigenvalue weighted by Gasteiger charge is -2.16. The van der Waals surface area contributed by atoms with Gasteiger partial charge < -0.3 is 20.5 Å². The molecule has 1 rings (SSSR count). The molecule has 0 aliphatic heterocycles. The average Bonchev–Trinajstić information content (AvgIpc) is 2.41. The van der Waals surface area contributed by atoms with E-state index in [-0.39, 0.29) is 18.7 Å². The van der Waals surface area contributed by atoms with E-state index in [9.17, 15) is 4.79 Å². The summed E-state index contributed by atoms with van der Waals surface area (Å²) in [5.41, 5.74) is 0.592. The molecule has 5 nitrogen and oxygen atoms in total. The summed E-state index contributed by atoms with van der Waals surface area (Å²) in [6.45, 7) is 4.41. The van der Waals surface area contributed by atoms with Crippen LogP contribution >= 0.6 is 11.6 Å². The first-order valence-corrected chi connectivity index (χ1v) is 7.09. The van der Waals surface area contributed by atoms with Crippen LogP contribution in [0.1, 0.15) is 26.7 Å². The number of hydrogen-bond acceptors (Lipinski definition) is 3. The van der Waals surface area contributed by atoms with Crippen molar-refractivity contribution in [2.24, 2.45) is 0 Å². The third-order valence-corrected chi connectivity index (χ3v) is 3.09. The number of ether oxygens (including phenoxy) is 1. The van der Waals surface area contributed by atoms with Crippen LogP contribution in [-0.2, 0) is 0 Å². The lowest BCUT2D eigenvalue weighted by molar-refractivity contribution is 0.237. The molecule has 3 N–H and O–H groups in total. The summed E-state index contributed by atoms with van der Waals surface area (Å²) in [6, 6.07) is 4.72. The Morgan fingerprint density at radius 3 is 2.75 bits per heavy atom. The monoisotopic (exact) mass is 300 g/mol. The molecule has 0 bridgehead atoms. The van der Waals surface area contributed by atoms with E-state index in [1.807, 2.05) is 13.8 Å². The van der Waals surface area contributed by atoms with E-state index in [4.69, 9.17) is 21.4 Å². The quantitative estimate of drug-likeness (QED) is 0.725. The molecule has 1 aromatic carbocycles. The van der Waals surface area contributed by atoms with Gasteiger partial charge in [-0.25, -0.2) is 4.79 Å². The van der Waals surface area contributed by atoms with Crippen molar-refractivity contribution in [3.05, 3.63) is 23.2 Å². The smallest absolute Gasteiger partial charge is 0.319 e. The molecule has 20 heavy (non-hydrogen) atoms. The number of urea groups is 1. The second-order valence-electron chi connectivity index (χ2n) is 4.29. The summed E-state index contributed by atoms with van der Waals surface area (Å²) in [5.74, 6) is 0.590. The summed E-state index contributed by atoms with van der Waals surface area (Å²) < 4.78 is 5.32. The molecule has 0 aliphatic carbocycles. The van der Waals surface area contributed by atoms with Crippen molar-refractivity contribution in [3.8, 4) is 5.75 Å². The van der Waals surface area contributed by atoms with Crippen LogP contribution in [-0.4, -0.2) is 30.4 Å². The van der Waals surface area contributed by atoms with Crippen molar-refractivity contribution >= 4 is 23.3 Å². The molecule has 0 saturated carbocycles. The summed E-state index contributed by atoms with van der Waals surface area (Å²) in [4.78, 5) is 11.8. The first-order chi connectivity index (χ1) is 9.60. The molecule has 0 aromatic heterocycles. The van der Waals surface area contributed by atoms with Gasteiger partial charge in [0.25, 0.3) is 0 Å². The van der Waals surface area contributed by atoms with Gasteiger partial charge in [-0.05, 0) is 38.0 Å². The van der Waals surface area contributed by atoms with E-state index in [1.54, 1.807) is 18.2 Å². The Balaban J connectivity index is 2.59. The SMILES string of the molecule is CCOc1ccc(NC(=O)NC(CC)CCO)cc1Cl. The summed E-state index contributed by atoms with van der Waals surface area (Å²) in [7, 11) is 0. The molecule has 0 saturated heterocycles. The van der Waals surface area contributed by atoms with Crippen molar-refractivity contribution in [1.29, 1.82) is 0 Å². The standard InChI is InChI=1S/C14H21ClN2O3/c1-3-10(7-8-18)16-14(19)17-11-5-6-13(20-4-2)12(15)9-11/h5-6,9-10,18H,3-4,7-8H2,1-2H3,(H2,16,17,19). The number of nitrogens with one attached hydrogen (secondary N) is 2. The van der Waals surface area contributed by atoms with Crippen LogP contribution in [0.2, 0.25) is 5.02 Å². The zero-order chi connectivity index (χ0) is 15.0. The highest BCUT2D eigenvalue weighted by Crippen LogP contribution is 2.27. The number of hydrogen-bond donors (Lipinski definition) is 3. The molecule has 6 heteroatoms. The number of rotatable bonds is 7. The lowest BCUT2D eigenvalue weighted by Crippen LogP contribution is -2.38. The van der Waals surface area contributed by atoms with Gasteiger partial charge in [0, 0.05) is 18.3 Å². The highest BCUT2D eigenvalue weighted by atomic mass is 35.5. The maximum Gasteiger partial charge on any atom is 0.319 e. The van der Waals surface area contributed by atoms with Crippen molar-refractivity contribution < 1.29 is 14.6 Å². The first-order valence-electron chi connectivity index (χ1n) is 6.71. The average molecular weight is 301 g/mol. The maximum atomic E-state index is 11.8. The molecule has 0 aliphatic rings. The Kier molecular flexibility index (Phi) is 7.18. The Hall–Kier alpha value is -1.46. The highest BCUT2D eigenvalue weighted by Gasteiger charge is 2.10. The van der Waals surface area contributed by atoms with Gasteiger partial charge in [-0.3, -0.25) is 0 Å². The number of carbonyl (C=O) groups is 1. The normalized spacial score (nSPS) is 11.8. The van der Waals surface area contributed by atoms with Crippen LogP contribution in [0.4, 0.5) is 10.5 Å². The van der Waals surface area contributed by atoms with E-state index < -0.39 is 0 Å². The van der Waals surface area contributed by atoms with E-state index in [0.29, 0.717) is 29.5 Å². The highest BCUT2D eigenvalue weighted by molar-refractivity contribution is 6.32. The van der Waals surface area contributed by atoms with Crippen molar-refractivity contribution in [3.63, 3.8) is 0 Å². The molecular formula is C14H21ClN2O3. The minimum Gasteiger partial charge on any atom is -0.492 e. The van der Waals surface area contributed by atoms with Gasteiger partial charge in [-0.1, -0.05) is 18.5 Å². The third kappa shape index (κ3) is 5.27. The summed E-state index contributed by atoms with van der Waals surface area (Å²) in [5, 5.41) is 14.8. The number of aliphatic hydroxyl groups is 1. The Labute approximate surface area is 124 Å². The van der Waals surface area contributed by atoms with E-state index in [0.717, 1.165) is 6.42 Å². The molecule has 0 radical (unpaired) electrons. The first kappa shape index (κ1) is 16.6. The van der Waals surface area contributed by atoms with Crippen molar-refractivity contribution in [2.45, 2.75) is 32.7 Å². The van der Waals surface area contributed by atoms with Gasteiger partial charge in [-0.2, -0.15) is 0 Å². The molecule has 1 aromatic rings. The second-order valence-corrected chi connectivity index (χ2v) is 4.70. The number of benzene rings is 1. The fourth-order valence-corrected chi connectivity index (χ4v) is 1.97. The van der Waals surface area contributed by atoms with Gasteiger partial charge in [0.2, 0.25) is 0 Å². The zero-order valence-electron chi connectivity index (χ0n) is 11.8. The molecule has 1 unspecified atom stereocenters. The number of carbonyl (C=O) groups excluding carboxylic acids is 1. The Bertz CT molecular complexity index is 440. The van der Waals surface area contributed by atoms with Crippen LogP contribution in [0, 0.1) is 0 Å². The Morgan fingerprint density at radius 1 is 1.45 bits per heavy atom. The maximum absolute atomic E-state index is 11.8. The van der Waals surface area contributed by atoms with E-state index in [2.05, 4.69) is 10.6 Å². The van der Waals surface area contributed by atoms with Crippen LogP contribution in [0.5, 0.6) is 5.75 Å². The topological polar surface area (TPSA) is 70.6 Å². The molecule has 0 spiro atoms. The fourth-order valence-electron chi connectivity index (χ4n) is 1.74. The van der Waals surface area contributed by atoms with Gasteiger partial charge in [0.15, 0.2) is 0 Å². The second kappa shape index (κ2) is 8.66. The largest absolute Gasteiger partial charge is 0.492 e. The molecular weight excluding hydrogens is 280 g/mol. The predicted octanol–water partition coefficient (Wildman–Crippen LogP) is 3.02. The number of halogens is 1. The van der Waals surface area contributed by atoms with Crippen molar-refractivity contribution in [2.75, 3.05) is 18.5 Å². The van der Waals surface area contributed by atoms with Gasteiger partial charge in [-0.15, -0.1) is 0 Å². The minimum atomic E-state index is -0.314. The predicted molar refractivity (Wildman–Crippen MR) is 80.6 cm³/mol. The zero-order valence-corrected chi connectivity index (χ0v) is 12.5. The van der Waals surface area contributed by atoms with Crippen LogP contribution in [0.3, 0.4) is 0 Å². The van der Waals surface area contributed by atoms with Crippen LogP contribution < -0.4 is 15.4 Å². The molecule has 1 atom stereocenters.